The van der Waals surface area contributed by atoms with Crippen molar-refractivity contribution < 1.29 is 5.11 Å². The molecule has 0 spiro atoms. The summed E-state index contributed by atoms with van der Waals surface area (Å²) >= 11 is 0. The highest BCUT2D eigenvalue weighted by Gasteiger charge is 2.25. The lowest BCUT2D eigenvalue weighted by atomic mass is 10.1. The van der Waals surface area contributed by atoms with E-state index in [1.54, 1.807) is 0 Å². The predicted octanol–water partition coefficient (Wildman–Crippen LogP) is 2.36. The Morgan fingerprint density at radius 2 is 1.92 bits per heavy atom. The lowest BCUT2D eigenvalue weighted by Crippen LogP contribution is -2.53. The molecule has 0 radical (unpaired) electrons. The van der Waals surface area contributed by atoms with Gasteiger partial charge in [0.05, 0.1) is 6.10 Å². The van der Waals surface area contributed by atoms with E-state index < -0.39 is 6.10 Å². The van der Waals surface area contributed by atoms with E-state index >= 15 is 0 Å². The molecule has 24 heavy (non-hydrogen) atoms. The zero-order valence-electron chi connectivity index (χ0n) is 14.4. The monoisotopic (exact) mass is 325 g/mol. The molecule has 1 aliphatic heterocycles. The number of benzene rings is 1. The zero-order valence-corrected chi connectivity index (χ0v) is 14.4. The Balaban J connectivity index is 1.46. The first-order valence-corrected chi connectivity index (χ1v) is 8.81. The van der Waals surface area contributed by atoms with Crippen molar-refractivity contribution in [2.45, 2.75) is 25.5 Å². The van der Waals surface area contributed by atoms with Gasteiger partial charge in [0, 0.05) is 57.1 Å². The number of aliphatic hydroxyl groups is 1. The molecule has 2 atom stereocenters. The summed E-state index contributed by atoms with van der Waals surface area (Å²) in [7, 11) is 0. The average molecular weight is 325 g/mol. The van der Waals surface area contributed by atoms with Crippen molar-refractivity contribution in [2.75, 3.05) is 32.7 Å². The Bertz CT molecular complexity index is 605. The third-order valence-electron chi connectivity index (χ3n) is 4.85. The minimum absolute atomic E-state index is 0.409. The fourth-order valence-electron chi connectivity index (χ4n) is 3.37. The van der Waals surface area contributed by atoms with Crippen LogP contribution >= 0.6 is 0 Å². The number of piperazine rings is 1. The summed E-state index contributed by atoms with van der Waals surface area (Å²) in [5.41, 5.74) is 2.16. The maximum atomic E-state index is 10.4. The van der Waals surface area contributed by atoms with Crippen LogP contribution < -0.4 is 0 Å². The van der Waals surface area contributed by atoms with Crippen molar-refractivity contribution in [2.24, 2.45) is 0 Å². The SMILES string of the molecule is C[C@@H]1CN(CCc2ccccn2)CCN1C[C@@H](O)c1ccccc1. The topological polar surface area (TPSA) is 39.6 Å². The normalized spacial score (nSPS) is 20.8. The lowest BCUT2D eigenvalue weighted by Gasteiger charge is -2.40. The Hall–Kier alpha value is -1.75. The molecule has 0 unspecified atom stereocenters. The van der Waals surface area contributed by atoms with Crippen molar-refractivity contribution in [3.63, 3.8) is 0 Å². The summed E-state index contributed by atoms with van der Waals surface area (Å²) < 4.78 is 0. The van der Waals surface area contributed by atoms with Crippen LogP contribution in [0.15, 0.2) is 54.7 Å². The summed E-state index contributed by atoms with van der Waals surface area (Å²) in [6.07, 6.45) is 2.45. The fraction of sp³-hybridized carbons (Fsp3) is 0.450. The highest BCUT2D eigenvalue weighted by molar-refractivity contribution is 5.17. The van der Waals surface area contributed by atoms with Crippen molar-refractivity contribution in [1.82, 2.24) is 14.8 Å². The number of β-amino-alcohol motifs (C(OH)–C–C–N with tert-alkyl or cyclic N) is 1. The number of rotatable bonds is 6. The number of nitrogens with zero attached hydrogens (tertiary/aromatic N) is 3. The second kappa shape index (κ2) is 8.38. The van der Waals surface area contributed by atoms with Gasteiger partial charge in [0.25, 0.3) is 0 Å². The molecule has 0 bridgehead atoms. The van der Waals surface area contributed by atoms with E-state index in [1.807, 2.05) is 48.7 Å². The van der Waals surface area contributed by atoms with E-state index in [1.165, 1.54) is 0 Å². The van der Waals surface area contributed by atoms with Crippen LogP contribution in [0.5, 0.6) is 0 Å². The van der Waals surface area contributed by atoms with E-state index in [-0.39, 0.29) is 0 Å². The molecule has 3 rings (SSSR count). The molecule has 2 heterocycles. The largest absolute Gasteiger partial charge is 0.387 e. The Labute approximate surface area is 144 Å². The second-order valence-electron chi connectivity index (χ2n) is 6.64. The molecule has 2 aromatic rings. The van der Waals surface area contributed by atoms with Crippen LogP contribution in [0.3, 0.4) is 0 Å². The van der Waals surface area contributed by atoms with E-state index in [2.05, 4.69) is 27.8 Å². The van der Waals surface area contributed by atoms with Crippen molar-refractivity contribution >= 4 is 0 Å². The van der Waals surface area contributed by atoms with E-state index in [9.17, 15) is 5.11 Å². The molecule has 0 amide bonds. The predicted molar refractivity (Wildman–Crippen MR) is 96.8 cm³/mol. The van der Waals surface area contributed by atoms with E-state index in [0.29, 0.717) is 12.6 Å². The summed E-state index contributed by atoms with van der Waals surface area (Å²) in [4.78, 5) is 9.30. The molecule has 0 saturated carbocycles. The molecule has 1 aromatic carbocycles. The van der Waals surface area contributed by atoms with Crippen LogP contribution in [0.1, 0.15) is 24.3 Å². The van der Waals surface area contributed by atoms with Crippen molar-refractivity contribution in [1.29, 1.82) is 0 Å². The van der Waals surface area contributed by atoms with Gasteiger partial charge in [-0.1, -0.05) is 36.4 Å². The summed E-state index contributed by atoms with van der Waals surface area (Å²) in [5, 5.41) is 10.4. The third-order valence-corrected chi connectivity index (χ3v) is 4.85. The molecule has 1 N–H and O–H groups in total. The smallest absolute Gasteiger partial charge is 0.0917 e. The maximum Gasteiger partial charge on any atom is 0.0917 e. The Kier molecular flexibility index (Phi) is 5.96. The first kappa shape index (κ1) is 17.1. The minimum Gasteiger partial charge on any atom is -0.387 e. The number of pyridine rings is 1. The molecule has 4 nitrogen and oxygen atoms in total. The zero-order chi connectivity index (χ0) is 16.8. The number of hydrogen-bond donors (Lipinski definition) is 1. The quantitative estimate of drug-likeness (QED) is 0.885. The van der Waals surface area contributed by atoms with Gasteiger partial charge < -0.3 is 10.0 Å². The van der Waals surface area contributed by atoms with Gasteiger partial charge in [-0.05, 0) is 24.6 Å². The number of aromatic nitrogens is 1. The van der Waals surface area contributed by atoms with Gasteiger partial charge in [-0.25, -0.2) is 0 Å². The third kappa shape index (κ3) is 4.63. The summed E-state index contributed by atoms with van der Waals surface area (Å²) in [6, 6.07) is 16.5. The highest BCUT2D eigenvalue weighted by Crippen LogP contribution is 2.18. The summed E-state index contributed by atoms with van der Waals surface area (Å²) in [5.74, 6) is 0. The van der Waals surface area contributed by atoms with Gasteiger partial charge in [0.15, 0.2) is 0 Å². The van der Waals surface area contributed by atoms with Gasteiger partial charge in [-0.2, -0.15) is 0 Å². The Morgan fingerprint density at radius 1 is 1.12 bits per heavy atom. The van der Waals surface area contributed by atoms with Crippen LogP contribution in [-0.4, -0.2) is 58.7 Å². The van der Waals surface area contributed by atoms with Crippen LogP contribution in [-0.2, 0) is 6.42 Å². The van der Waals surface area contributed by atoms with Gasteiger partial charge in [-0.3, -0.25) is 9.88 Å². The molecular weight excluding hydrogens is 298 g/mol. The molecule has 4 heteroatoms. The maximum absolute atomic E-state index is 10.4. The van der Waals surface area contributed by atoms with Crippen molar-refractivity contribution in [3.8, 4) is 0 Å². The second-order valence-corrected chi connectivity index (χ2v) is 6.64. The van der Waals surface area contributed by atoms with Crippen LogP contribution in [0.25, 0.3) is 0 Å². The summed E-state index contributed by atoms with van der Waals surface area (Å²) in [6.45, 7) is 7.13. The molecule has 1 aromatic heterocycles. The van der Waals surface area contributed by atoms with Crippen LogP contribution in [0.2, 0.25) is 0 Å². The van der Waals surface area contributed by atoms with E-state index in [4.69, 9.17) is 0 Å². The number of hydrogen-bond acceptors (Lipinski definition) is 4. The molecule has 0 aliphatic carbocycles. The molecule has 1 saturated heterocycles. The molecule has 1 aliphatic rings. The van der Waals surface area contributed by atoms with E-state index in [0.717, 1.165) is 43.9 Å². The van der Waals surface area contributed by atoms with Gasteiger partial charge in [0.2, 0.25) is 0 Å². The van der Waals surface area contributed by atoms with Crippen LogP contribution in [0.4, 0.5) is 0 Å². The Morgan fingerprint density at radius 3 is 2.62 bits per heavy atom. The first-order valence-electron chi connectivity index (χ1n) is 8.81. The molecular formula is C20H27N3O. The standard InChI is InChI=1S/C20H27N3O/c1-17-15-22(12-10-19-9-5-6-11-21-19)13-14-23(17)16-20(24)18-7-3-2-4-8-18/h2-9,11,17,20,24H,10,12-16H2,1H3/t17-,20-/m1/s1. The highest BCUT2D eigenvalue weighted by atomic mass is 16.3. The van der Waals surface area contributed by atoms with Crippen LogP contribution in [0, 0.1) is 0 Å². The first-order chi connectivity index (χ1) is 11.7. The average Bonchev–Trinajstić information content (AvgIpc) is 2.63. The number of aliphatic hydroxyl groups excluding tert-OH is 1. The van der Waals surface area contributed by atoms with Gasteiger partial charge >= 0.3 is 0 Å². The minimum atomic E-state index is -0.409. The lowest BCUT2D eigenvalue weighted by molar-refractivity contribution is 0.0392. The van der Waals surface area contributed by atoms with Crippen molar-refractivity contribution in [3.05, 3.63) is 66.0 Å². The molecule has 1 fully saturated rings. The fourth-order valence-corrected chi connectivity index (χ4v) is 3.37. The van der Waals surface area contributed by atoms with Gasteiger partial charge in [0.1, 0.15) is 0 Å². The molecule has 128 valence electrons. The van der Waals surface area contributed by atoms with Gasteiger partial charge in [-0.15, -0.1) is 0 Å².